The highest BCUT2D eigenvalue weighted by molar-refractivity contribution is 5.51. The van der Waals surface area contributed by atoms with Gasteiger partial charge in [0.15, 0.2) is 6.07 Å². The summed E-state index contributed by atoms with van der Waals surface area (Å²) in [5, 5.41) is 17.0. The van der Waals surface area contributed by atoms with Crippen LogP contribution in [0.15, 0.2) is 12.1 Å². The van der Waals surface area contributed by atoms with Gasteiger partial charge in [-0.1, -0.05) is 5.92 Å². The van der Waals surface area contributed by atoms with Crippen molar-refractivity contribution >= 4 is 0 Å². The van der Waals surface area contributed by atoms with E-state index in [0.29, 0.717) is 5.56 Å². The molecule has 0 aliphatic rings. The van der Waals surface area contributed by atoms with Crippen molar-refractivity contribution in [2.24, 2.45) is 0 Å². The maximum atomic E-state index is 8.72. The van der Waals surface area contributed by atoms with Gasteiger partial charge in [-0.3, -0.25) is 0 Å². The smallest absolute Gasteiger partial charge is 0.152 e. The summed E-state index contributed by atoms with van der Waals surface area (Å²) in [4.78, 5) is 0. The highest BCUT2D eigenvalue weighted by atomic mass is 14.2. The van der Waals surface area contributed by atoms with Gasteiger partial charge in [0, 0.05) is 11.5 Å². The largest absolute Gasteiger partial charge is 0.192 e. The molecular formula is C12H8N2. The predicted octanol–water partition coefficient (Wildman–Crippen LogP) is 2.05. The minimum absolute atomic E-state index is 0.627. The Morgan fingerprint density at radius 2 is 1.64 bits per heavy atom. The molecule has 0 heterocycles. The van der Waals surface area contributed by atoms with Crippen LogP contribution in [0.5, 0.6) is 0 Å². The van der Waals surface area contributed by atoms with E-state index in [0.717, 1.165) is 16.7 Å². The summed E-state index contributed by atoms with van der Waals surface area (Å²) >= 11 is 0. The third-order valence-electron chi connectivity index (χ3n) is 1.91. The van der Waals surface area contributed by atoms with Crippen LogP contribution in [0.25, 0.3) is 0 Å². The Balaban J connectivity index is 3.36. The van der Waals surface area contributed by atoms with Gasteiger partial charge in [0.1, 0.15) is 0 Å². The second-order valence-electron chi connectivity index (χ2n) is 2.96. The van der Waals surface area contributed by atoms with Crippen LogP contribution in [-0.2, 0) is 0 Å². The fourth-order valence-corrected chi connectivity index (χ4v) is 1.32. The predicted molar refractivity (Wildman–Crippen MR) is 53.1 cm³/mol. The quantitative estimate of drug-likeness (QED) is 0.573. The minimum atomic E-state index is 0.627. The number of benzene rings is 1. The number of nitrogens with zero attached hydrogens (tertiary/aromatic N) is 2. The van der Waals surface area contributed by atoms with Crippen LogP contribution in [0.4, 0.5) is 0 Å². The summed E-state index contributed by atoms with van der Waals surface area (Å²) in [5.41, 5.74) is 3.33. The van der Waals surface area contributed by atoms with Crippen LogP contribution in [0.3, 0.4) is 0 Å². The molecule has 66 valence electrons. The molecule has 0 spiro atoms. The molecule has 14 heavy (non-hydrogen) atoms. The first-order valence-electron chi connectivity index (χ1n) is 4.10. The molecule has 1 rings (SSSR count). The molecule has 0 aliphatic carbocycles. The molecular weight excluding hydrogens is 172 g/mol. The van der Waals surface area contributed by atoms with Gasteiger partial charge < -0.3 is 0 Å². The lowest BCUT2D eigenvalue weighted by atomic mass is 10.0. The van der Waals surface area contributed by atoms with Crippen molar-refractivity contribution in [3.63, 3.8) is 0 Å². The van der Waals surface area contributed by atoms with Gasteiger partial charge >= 0.3 is 0 Å². The van der Waals surface area contributed by atoms with Gasteiger partial charge in [-0.05, 0) is 37.1 Å². The number of rotatable bonds is 0. The molecule has 0 saturated heterocycles. The molecule has 0 atom stereocenters. The van der Waals surface area contributed by atoms with Crippen LogP contribution in [-0.4, -0.2) is 0 Å². The SMILES string of the molecule is Cc1cc(C#N)cc(C)c1C#CC#N. The Kier molecular flexibility index (Phi) is 2.90. The molecule has 2 heteroatoms. The Bertz CT molecular complexity index is 479. The number of nitriles is 2. The molecule has 1 aromatic rings. The van der Waals surface area contributed by atoms with Gasteiger partial charge in [-0.2, -0.15) is 10.5 Å². The monoisotopic (exact) mass is 180 g/mol. The lowest BCUT2D eigenvalue weighted by molar-refractivity contribution is 1.32. The molecule has 0 bridgehead atoms. The Morgan fingerprint density at radius 3 is 2.07 bits per heavy atom. The maximum Gasteiger partial charge on any atom is 0.152 e. The fraction of sp³-hybridized carbons (Fsp3) is 0.167. The van der Waals surface area contributed by atoms with Crippen molar-refractivity contribution in [2.75, 3.05) is 0 Å². The normalized spacial score (nSPS) is 8.00. The lowest BCUT2D eigenvalue weighted by Crippen LogP contribution is -1.89. The molecule has 2 nitrogen and oxygen atoms in total. The summed E-state index contributed by atoms with van der Waals surface area (Å²) in [7, 11) is 0. The van der Waals surface area contributed by atoms with E-state index in [1.807, 2.05) is 13.8 Å². The van der Waals surface area contributed by atoms with Crippen molar-refractivity contribution in [3.05, 3.63) is 34.4 Å². The first-order valence-corrected chi connectivity index (χ1v) is 4.10. The molecule has 0 saturated carbocycles. The van der Waals surface area contributed by atoms with E-state index >= 15 is 0 Å². The summed E-state index contributed by atoms with van der Waals surface area (Å²) < 4.78 is 0. The van der Waals surface area contributed by atoms with Crippen molar-refractivity contribution in [3.8, 4) is 24.0 Å². The summed E-state index contributed by atoms with van der Waals surface area (Å²) in [6.07, 6.45) is 0. The van der Waals surface area contributed by atoms with Gasteiger partial charge in [-0.25, -0.2) is 0 Å². The molecule has 1 aromatic carbocycles. The second-order valence-corrected chi connectivity index (χ2v) is 2.96. The number of aryl methyl sites for hydroxylation is 2. The molecule has 0 radical (unpaired) electrons. The van der Waals surface area contributed by atoms with E-state index in [4.69, 9.17) is 10.5 Å². The molecule has 0 N–H and O–H groups in total. The average molecular weight is 180 g/mol. The Labute approximate surface area is 83.4 Å². The highest BCUT2D eigenvalue weighted by Gasteiger charge is 2.01. The van der Waals surface area contributed by atoms with Crippen LogP contribution < -0.4 is 0 Å². The van der Waals surface area contributed by atoms with Gasteiger partial charge in [0.05, 0.1) is 11.6 Å². The van der Waals surface area contributed by atoms with Crippen molar-refractivity contribution in [1.82, 2.24) is 0 Å². The van der Waals surface area contributed by atoms with Crippen LogP contribution in [0.2, 0.25) is 0 Å². The van der Waals surface area contributed by atoms with E-state index < -0.39 is 0 Å². The molecule has 0 aromatic heterocycles. The van der Waals surface area contributed by atoms with Crippen molar-refractivity contribution < 1.29 is 0 Å². The van der Waals surface area contributed by atoms with Crippen LogP contribution >= 0.6 is 0 Å². The molecule has 0 aliphatic heterocycles. The Morgan fingerprint density at radius 1 is 1.07 bits per heavy atom. The lowest BCUT2D eigenvalue weighted by Gasteiger charge is -2.02. The van der Waals surface area contributed by atoms with Crippen LogP contribution in [0, 0.1) is 48.4 Å². The van der Waals surface area contributed by atoms with Gasteiger partial charge in [0.25, 0.3) is 0 Å². The topological polar surface area (TPSA) is 47.6 Å². The zero-order chi connectivity index (χ0) is 10.6. The van der Waals surface area contributed by atoms with Crippen molar-refractivity contribution in [2.45, 2.75) is 13.8 Å². The number of hydrogen-bond donors (Lipinski definition) is 0. The first kappa shape index (κ1) is 9.85. The van der Waals surface area contributed by atoms with E-state index in [2.05, 4.69) is 17.9 Å². The van der Waals surface area contributed by atoms with Crippen LogP contribution in [0.1, 0.15) is 22.3 Å². The highest BCUT2D eigenvalue weighted by Crippen LogP contribution is 2.14. The Hall–Kier alpha value is -2.24. The molecule has 0 unspecified atom stereocenters. The standard InChI is InChI=1S/C12H8N2/c1-9-6-11(8-14)7-10(2)12(9)4-3-5-13/h6-7H,1-2H3. The average Bonchev–Trinajstić information content (AvgIpc) is 2.16. The molecule has 0 amide bonds. The second kappa shape index (κ2) is 4.13. The van der Waals surface area contributed by atoms with E-state index in [1.165, 1.54) is 0 Å². The van der Waals surface area contributed by atoms with E-state index in [-0.39, 0.29) is 0 Å². The molecule has 0 fully saturated rings. The van der Waals surface area contributed by atoms with Gasteiger partial charge in [-0.15, -0.1) is 0 Å². The van der Waals surface area contributed by atoms with Crippen molar-refractivity contribution in [1.29, 1.82) is 10.5 Å². The first-order chi connectivity index (χ1) is 6.69. The minimum Gasteiger partial charge on any atom is -0.192 e. The number of hydrogen-bond acceptors (Lipinski definition) is 2. The summed E-state index contributed by atoms with van der Waals surface area (Å²) in [6, 6.07) is 7.40. The third kappa shape index (κ3) is 1.92. The summed E-state index contributed by atoms with van der Waals surface area (Å²) in [5.74, 6) is 5.12. The third-order valence-corrected chi connectivity index (χ3v) is 1.91. The van der Waals surface area contributed by atoms with E-state index in [9.17, 15) is 0 Å². The fourth-order valence-electron chi connectivity index (χ4n) is 1.32. The maximum absolute atomic E-state index is 8.72. The zero-order valence-electron chi connectivity index (χ0n) is 8.05. The van der Waals surface area contributed by atoms with Gasteiger partial charge in [0.2, 0.25) is 0 Å². The van der Waals surface area contributed by atoms with E-state index in [1.54, 1.807) is 18.2 Å². The summed E-state index contributed by atoms with van der Waals surface area (Å²) in [6.45, 7) is 3.77. The zero-order valence-corrected chi connectivity index (χ0v) is 8.05.